The number of amides is 2. The van der Waals surface area contributed by atoms with Gasteiger partial charge in [-0.15, -0.1) is 0 Å². The number of hydrogen-bond acceptors (Lipinski definition) is 4. The molecule has 2 amide bonds. The fourth-order valence-corrected chi connectivity index (χ4v) is 5.16. The van der Waals surface area contributed by atoms with Gasteiger partial charge in [-0.25, -0.2) is 0 Å². The average Bonchev–Trinajstić information content (AvgIpc) is 3.32. The molecule has 1 saturated heterocycles. The van der Waals surface area contributed by atoms with Crippen LogP contribution in [0.3, 0.4) is 0 Å². The minimum atomic E-state index is -0.151. The zero-order valence-corrected chi connectivity index (χ0v) is 18.4. The highest BCUT2D eigenvalue weighted by molar-refractivity contribution is 7.99. The maximum absolute atomic E-state index is 13.6. The van der Waals surface area contributed by atoms with Crippen molar-refractivity contribution in [3.05, 3.63) is 89.5 Å². The van der Waals surface area contributed by atoms with Gasteiger partial charge in [0, 0.05) is 28.5 Å². The Balaban J connectivity index is 1.49. The van der Waals surface area contributed by atoms with E-state index in [0.29, 0.717) is 24.2 Å². The Hall–Kier alpha value is -3.09. The van der Waals surface area contributed by atoms with Crippen LogP contribution in [0.5, 0.6) is 0 Å². The summed E-state index contributed by atoms with van der Waals surface area (Å²) in [4.78, 5) is 30.1. The molecule has 3 aromatic carbocycles. The van der Waals surface area contributed by atoms with E-state index in [0.717, 1.165) is 40.5 Å². The second-order valence-electron chi connectivity index (χ2n) is 8.00. The van der Waals surface area contributed by atoms with Crippen molar-refractivity contribution in [3.8, 4) is 0 Å². The number of anilines is 1. The normalized spacial score (nSPS) is 17.4. The van der Waals surface area contributed by atoms with E-state index in [9.17, 15) is 9.59 Å². The van der Waals surface area contributed by atoms with E-state index in [1.165, 1.54) is 0 Å². The number of carbonyl (C=O) groups excluding carboxylic acids is 2. The van der Waals surface area contributed by atoms with Gasteiger partial charge < -0.3 is 15.0 Å². The number of ether oxygens (including phenoxy) is 1. The van der Waals surface area contributed by atoms with E-state index in [-0.39, 0.29) is 17.9 Å². The third kappa shape index (κ3) is 4.29. The second kappa shape index (κ2) is 9.18. The summed E-state index contributed by atoms with van der Waals surface area (Å²) in [5.74, 6) is -0.213. The van der Waals surface area contributed by atoms with Gasteiger partial charge in [-0.05, 0) is 48.7 Å². The lowest BCUT2D eigenvalue weighted by Crippen LogP contribution is -2.33. The van der Waals surface area contributed by atoms with E-state index in [2.05, 4.69) is 5.32 Å². The van der Waals surface area contributed by atoms with Gasteiger partial charge in [0.15, 0.2) is 0 Å². The molecule has 6 heteroatoms. The van der Waals surface area contributed by atoms with Crippen LogP contribution in [0.1, 0.15) is 39.1 Å². The van der Waals surface area contributed by atoms with Crippen molar-refractivity contribution in [1.29, 1.82) is 0 Å². The van der Waals surface area contributed by atoms with Crippen LogP contribution < -0.4 is 10.2 Å². The molecule has 1 atom stereocenters. The van der Waals surface area contributed by atoms with Crippen molar-refractivity contribution in [2.24, 2.45) is 0 Å². The van der Waals surface area contributed by atoms with E-state index in [1.54, 1.807) is 16.7 Å². The molecule has 5 rings (SSSR count). The highest BCUT2D eigenvalue weighted by Gasteiger charge is 2.28. The predicted molar refractivity (Wildman–Crippen MR) is 125 cm³/mol. The van der Waals surface area contributed by atoms with Crippen molar-refractivity contribution in [2.45, 2.75) is 35.3 Å². The van der Waals surface area contributed by atoms with Gasteiger partial charge in [-0.3, -0.25) is 9.59 Å². The van der Waals surface area contributed by atoms with E-state index in [4.69, 9.17) is 4.74 Å². The molecular weight excluding hydrogens is 420 g/mol. The summed E-state index contributed by atoms with van der Waals surface area (Å²) < 4.78 is 5.61. The quantitative estimate of drug-likeness (QED) is 0.608. The molecule has 1 fully saturated rings. The third-order valence-corrected chi connectivity index (χ3v) is 6.93. The lowest BCUT2D eigenvalue weighted by Gasteiger charge is -2.24. The van der Waals surface area contributed by atoms with E-state index in [1.807, 2.05) is 72.8 Å². The molecule has 32 heavy (non-hydrogen) atoms. The molecule has 2 heterocycles. The van der Waals surface area contributed by atoms with E-state index < -0.39 is 0 Å². The summed E-state index contributed by atoms with van der Waals surface area (Å²) in [7, 11) is 0. The fourth-order valence-electron chi connectivity index (χ4n) is 4.10. The van der Waals surface area contributed by atoms with E-state index >= 15 is 0 Å². The molecule has 0 aromatic heterocycles. The Bertz CT molecular complexity index is 1140. The number of fused-ring (bicyclic) bond motifs is 2. The molecule has 2 aliphatic heterocycles. The van der Waals surface area contributed by atoms with Crippen LogP contribution in [0.15, 0.2) is 82.6 Å². The lowest BCUT2D eigenvalue weighted by atomic mass is 10.1. The molecule has 2 aliphatic rings. The molecule has 0 spiro atoms. The first-order valence-corrected chi connectivity index (χ1v) is 11.7. The van der Waals surface area contributed by atoms with Crippen LogP contribution >= 0.6 is 11.8 Å². The van der Waals surface area contributed by atoms with Crippen molar-refractivity contribution in [3.63, 3.8) is 0 Å². The highest BCUT2D eigenvalue weighted by Crippen LogP contribution is 2.42. The smallest absolute Gasteiger partial charge is 0.259 e. The van der Waals surface area contributed by atoms with Crippen LogP contribution in [0, 0.1) is 0 Å². The van der Waals surface area contributed by atoms with Crippen LogP contribution in [0.4, 0.5) is 5.69 Å². The molecule has 1 N–H and O–H groups in total. The Kier molecular flexibility index (Phi) is 5.97. The summed E-state index contributed by atoms with van der Waals surface area (Å²) in [5.41, 5.74) is 3.00. The monoisotopic (exact) mass is 444 g/mol. The fraction of sp³-hybridized carbons (Fsp3) is 0.231. The van der Waals surface area contributed by atoms with Crippen molar-refractivity contribution < 1.29 is 14.3 Å². The lowest BCUT2D eigenvalue weighted by molar-refractivity contribution is 0.0857. The van der Waals surface area contributed by atoms with Gasteiger partial charge >= 0.3 is 0 Å². The topological polar surface area (TPSA) is 58.6 Å². The van der Waals surface area contributed by atoms with Gasteiger partial charge in [-0.2, -0.15) is 0 Å². The van der Waals surface area contributed by atoms with Gasteiger partial charge in [0.2, 0.25) is 0 Å². The predicted octanol–water partition coefficient (Wildman–Crippen LogP) is 4.91. The first-order valence-electron chi connectivity index (χ1n) is 10.9. The molecule has 0 radical (unpaired) electrons. The Morgan fingerprint density at radius 3 is 2.66 bits per heavy atom. The number of hydrogen-bond donors (Lipinski definition) is 1. The average molecular weight is 445 g/mol. The van der Waals surface area contributed by atoms with Crippen LogP contribution in [-0.4, -0.2) is 31.1 Å². The van der Waals surface area contributed by atoms with Crippen LogP contribution in [0.2, 0.25) is 0 Å². The van der Waals surface area contributed by atoms with Gasteiger partial charge in [-0.1, -0.05) is 54.2 Å². The zero-order chi connectivity index (χ0) is 21.9. The Labute approximate surface area is 191 Å². The summed E-state index contributed by atoms with van der Waals surface area (Å²) in [6, 6.07) is 23.2. The molecule has 0 unspecified atom stereocenters. The zero-order valence-electron chi connectivity index (χ0n) is 17.6. The van der Waals surface area contributed by atoms with Gasteiger partial charge in [0.05, 0.1) is 23.9 Å². The number of benzene rings is 3. The number of rotatable bonds is 5. The molecule has 0 bridgehead atoms. The summed E-state index contributed by atoms with van der Waals surface area (Å²) in [5, 5.41) is 2.98. The first kappa shape index (κ1) is 20.8. The highest BCUT2D eigenvalue weighted by atomic mass is 32.2. The summed E-state index contributed by atoms with van der Waals surface area (Å²) >= 11 is 1.56. The SMILES string of the molecule is O=C(NC[C@H]1CCCO1)c1ccc2c(c1)N(Cc1ccccc1)C(=O)c1ccccc1S2. The Morgan fingerprint density at radius 1 is 1.03 bits per heavy atom. The standard InChI is InChI=1S/C26H24N2O3S/c29-25(27-16-20-9-6-14-31-20)19-12-13-24-22(15-19)28(17-18-7-2-1-3-8-18)26(30)21-10-4-5-11-23(21)32-24/h1-5,7-8,10-13,15,20H,6,9,14,16-17H2,(H,27,29)/t20-/m1/s1. The van der Waals surface area contributed by atoms with Crippen molar-refractivity contribution in [1.82, 2.24) is 5.32 Å². The minimum Gasteiger partial charge on any atom is -0.376 e. The number of nitrogens with one attached hydrogen (secondary N) is 1. The maximum Gasteiger partial charge on any atom is 0.259 e. The van der Waals surface area contributed by atoms with Crippen LogP contribution in [0.25, 0.3) is 0 Å². The van der Waals surface area contributed by atoms with Gasteiger partial charge in [0.25, 0.3) is 11.8 Å². The number of carbonyl (C=O) groups is 2. The molecule has 0 aliphatic carbocycles. The van der Waals surface area contributed by atoms with Crippen molar-refractivity contribution in [2.75, 3.05) is 18.1 Å². The summed E-state index contributed by atoms with van der Waals surface area (Å²) in [6.07, 6.45) is 2.09. The second-order valence-corrected chi connectivity index (χ2v) is 9.09. The molecule has 5 nitrogen and oxygen atoms in total. The van der Waals surface area contributed by atoms with Gasteiger partial charge in [0.1, 0.15) is 0 Å². The maximum atomic E-state index is 13.6. The van der Waals surface area contributed by atoms with Crippen LogP contribution in [-0.2, 0) is 11.3 Å². The Morgan fingerprint density at radius 2 is 1.84 bits per heavy atom. The molecule has 162 valence electrons. The molecule has 3 aromatic rings. The largest absolute Gasteiger partial charge is 0.376 e. The minimum absolute atomic E-state index is 0.0624. The molecular formula is C26H24N2O3S. The first-order chi connectivity index (χ1) is 15.7. The summed E-state index contributed by atoms with van der Waals surface area (Å²) in [6.45, 7) is 1.69. The third-order valence-electron chi connectivity index (χ3n) is 5.79. The molecule has 0 saturated carbocycles. The van der Waals surface area contributed by atoms with Crippen molar-refractivity contribution >= 4 is 29.3 Å². The number of nitrogens with zero attached hydrogens (tertiary/aromatic N) is 1.